The normalized spacial score (nSPS) is 17.0. The molecular weight excluding hydrogens is 472 g/mol. The molecule has 0 saturated carbocycles. The van der Waals surface area contributed by atoms with Gasteiger partial charge in [-0.25, -0.2) is 4.39 Å². The standard InChI is InChI=1S/C27H30F4N4O/c1-4-35-23-14-15-34(25(26(36)32-3)18-8-6-5-7-9-18)22(24(23)17(2)33-35)13-10-19-16-20(27(29,30)31)11-12-21(19)28/h5-9,11-12,16,22,25H,4,10,13-15H2,1-3H3,(H,32,36). The van der Waals surface area contributed by atoms with Gasteiger partial charge in [-0.15, -0.1) is 0 Å². The Labute approximate surface area is 208 Å². The average molecular weight is 503 g/mol. The Hall–Kier alpha value is -3.20. The zero-order valence-corrected chi connectivity index (χ0v) is 20.6. The fourth-order valence-electron chi connectivity index (χ4n) is 5.28. The summed E-state index contributed by atoms with van der Waals surface area (Å²) in [5.74, 6) is -0.849. The van der Waals surface area contributed by atoms with E-state index < -0.39 is 23.6 Å². The molecule has 0 aliphatic carbocycles. The highest BCUT2D eigenvalue weighted by atomic mass is 19.4. The van der Waals surface area contributed by atoms with Crippen LogP contribution in [0.3, 0.4) is 0 Å². The van der Waals surface area contributed by atoms with Gasteiger partial charge in [0.2, 0.25) is 5.91 Å². The van der Waals surface area contributed by atoms with Crippen LogP contribution in [0, 0.1) is 12.7 Å². The number of halogens is 4. The maximum Gasteiger partial charge on any atom is 0.416 e. The predicted molar refractivity (Wildman–Crippen MR) is 129 cm³/mol. The summed E-state index contributed by atoms with van der Waals surface area (Å²) < 4.78 is 56.4. The van der Waals surface area contributed by atoms with E-state index in [0.717, 1.165) is 40.7 Å². The number of alkyl halides is 3. The Morgan fingerprint density at radius 2 is 1.92 bits per heavy atom. The molecule has 3 aromatic rings. The summed E-state index contributed by atoms with van der Waals surface area (Å²) in [6.07, 6.45) is -3.45. The van der Waals surface area contributed by atoms with Gasteiger partial charge in [0.05, 0.1) is 11.3 Å². The molecular formula is C27H30F4N4O. The van der Waals surface area contributed by atoms with Gasteiger partial charge in [-0.05, 0) is 56.0 Å². The van der Waals surface area contributed by atoms with Gasteiger partial charge >= 0.3 is 6.18 Å². The fourth-order valence-corrected chi connectivity index (χ4v) is 5.28. The zero-order valence-electron chi connectivity index (χ0n) is 20.6. The molecule has 0 radical (unpaired) electrons. The van der Waals surface area contributed by atoms with E-state index in [1.165, 1.54) is 0 Å². The third-order valence-electron chi connectivity index (χ3n) is 6.92. The molecule has 5 nitrogen and oxygen atoms in total. The van der Waals surface area contributed by atoms with Crippen molar-refractivity contribution in [3.05, 3.63) is 88.0 Å². The summed E-state index contributed by atoms with van der Waals surface area (Å²) >= 11 is 0. The highest BCUT2D eigenvalue weighted by Gasteiger charge is 2.39. The number of nitrogens with one attached hydrogen (secondary N) is 1. The van der Waals surface area contributed by atoms with Crippen LogP contribution in [0.5, 0.6) is 0 Å². The number of aryl methyl sites for hydroxylation is 3. The van der Waals surface area contributed by atoms with Gasteiger partial charge in [0, 0.05) is 43.9 Å². The molecule has 1 amide bonds. The zero-order chi connectivity index (χ0) is 26.0. The molecule has 1 aliphatic rings. The van der Waals surface area contributed by atoms with E-state index in [2.05, 4.69) is 15.3 Å². The van der Waals surface area contributed by atoms with Gasteiger partial charge in [-0.1, -0.05) is 30.3 Å². The lowest BCUT2D eigenvalue weighted by atomic mass is 9.88. The van der Waals surface area contributed by atoms with Crippen molar-refractivity contribution in [2.75, 3.05) is 13.6 Å². The van der Waals surface area contributed by atoms with Gasteiger partial charge in [0.15, 0.2) is 0 Å². The number of fused-ring (bicyclic) bond motifs is 1. The molecule has 0 spiro atoms. The molecule has 0 fully saturated rings. The second kappa shape index (κ2) is 10.4. The van der Waals surface area contributed by atoms with Crippen LogP contribution in [0.15, 0.2) is 48.5 Å². The van der Waals surface area contributed by atoms with Crippen molar-refractivity contribution in [3.63, 3.8) is 0 Å². The number of hydrogen-bond acceptors (Lipinski definition) is 3. The van der Waals surface area contributed by atoms with Crippen molar-refractivity contribution in [2.24, 2.45) is 0 Å². The molecule has 2 atom stereocenters. The lowest BCUT2D eigenvalue weighted by molar-refractivity contribution is -0.137. The number of rotatable bonds is 7. The Balaban J connectivity index is 1.76. The SMILES string of the molecule is CCn1nc(C)c2c1CCN(C(C(=O)NC)c1ccccc1)C2CCc1cc(C(F)(F)F)ccc1F. The lowest BCUT2D eigenvalue weighted by Crippen LogP contribution is -2.45. The minimum Gasteiger partial charge on any atom is -0.358 e. The third-order valence-corrected chi connectivity index (χ3v) is 6.92. The summed E-state index contributed by atoms with van der Waals surface area (Å²) in [6.45, 7) is 5.15. The topological polar surface area (TPSA) is 50.2 Å². The summed E-state index contributed by atoms with van der Waals surface area (Å²) in [6, 6.07) is 11.0. The van der Waals surface area contributed by atoms with E-state index in [9.17, 15) is 22.4 Å². The monoisotopic (exact) mass is 502 g/mol. The van der Waals surface area contributed by atoms with Crippen molar-refractivity contribution < 1.29 is 22.4 Å². The smallest absolute Gasteiger partial charge is 0.358 e. The molecule has 36 heavy (non-hydrogen) atoms. The van der Waals surface area contributed by atoms with Gasteiger partial charge < -0.3 is 5.32 Å². The third kappa shape index (κ3) is 5.02. The summed E-state index contributed by atoms with van der Waals surface area (Å²) in [7, 11) is 1.58. The average Bonchev–Trinajstić information content (AvgIpc) is 3.19. The van der Waals surface area contributed by atoms with Crippen LogP contribution in [-0.2, 0) is 30.4 Å². The van der Waals surface area contributed by atoms with Crippen LogP contribution < -0.4 is 5.32 Å². The van der Waals surface area contributed by atoms with E-state index in [0.29, 0.717) is 25.9 Å². The molecule has 2 unspecified atom stereocenters. The van der Waals surface area contributed by atoms with E-state index >= 15 is 0 Å². The molecule has 2 aromatic carbocycles. The maximum absolute atomic E-state index is 14.6. The highest BCUT2D eigenvalue weighted by Crippen LogP contribution is 2.41. The first-order valence-electron chi connectivity index (χ1n) is 12.1. The number of aromatic nitrogens is 2. The second-order valence-corrected chi connectivity index (χ2v) is 9.04. The number of benzene rings is 2. The minimum atomic E-state index is -4.55. The minimum absolute atomic E-state index is 0.00800. The summed E-state index contributed by atoms with van der Waals surface area (Å²) in [5.41, 5.74) is 2.80. The van der Waals surface area contributed by atoms with E-state index in [4.69, 9.17) is 0 Å². The largest absolute Gasteiger partial charge is 0.416 e. The van der Waals surface area contributed by atoms with Crippen LogP contribution in [-0.4, -0.2) is 34.2 Å². The Kier molecular flexibility index (Phi) is 7.49. The number of hydrogen-bond donors (Lipinski definition) is 1. The number of nitrogens with zero attached hydrogens (tertiary/aromatic N) is 3. The van der Waals surface area contributed by atoms with Gasteiger partial charge in [0.1, 0.15) is 11.9 Å². The van der Waals surface area contributed by atoms with Crippen LogP contribution in [0.2, 0.25) is 0 Å². The number of likely N-dealkylation sites (N-methyl/N-ethyl adjacent to an activating group) is 1. The molecule has 2 heterocycles. The van der Waals surface area contributed by atoms with Gasteiger partial charge in [-0.3, -0.25) is 14.4 Å². The molecule has 0 bridgehead atoms. The Morgan fingerprint density at radius 3 is 2.56 bits per heavy atom. The van der Waals surface area contributed by atoms with E-state index in [-0.39, 0.29) is 23.9 Å². The Bertz CT molecular complexity index is 1220. The van der Waals surface area contributed by atoms with E-state index in [1.807, 2.05) is 48.9 Å². The lowest BCUT2D eigenvalue weighted by Gasteiger charge is -2.41. The van der Waals surface area contributed by atoms with Crippen molar-refractivity contribution in [1.82, 2.24) is 20.0 Å². The van der Waals surface area contributed by atoms with Crippen molar-refractivity contribution in [2.45, 2.75) is 57.9 Å². The molecule has 4 rings (SSSR count). The number of carbonyl (C=O) groups is 1. The first kappa shape index (κ1) is 25.9. The van der Waals surface area contributed by atoms with Crippen molar-refractivity contribution >= 4 is 5.91 Å². The van der Waals surface area contributed by atoms with Crippen LogP contribution in [0.1, 0.15) is 59.1 Å². The Morgan fingerprint density at radius 1 is 1.19 bits per heavy atom. The molecule has 1 aromatic heterocycles. The summed E-state index contributed by atoms with van der Waals surface area (Å²) in [4.78, 5) is 15.2. The molecule has 1 aliphatic heterocycles. The van der Waals surface area contributed by atoms with Crippen LogP contribution >= 0.6 is 0 Å². The molecule has 0 saturated heterocycles. The summed E-state index contributed by atoms with van der Waals surface area (Å²) in [5, 5.41) is 7.44. The van der Waals surface area contributed by atoms with E-state index in [1.54, 1.807) is 7.05 Å². The number of amides is 1. The molecule has 9 heteroatoms. The van der Waals surface area contributed by atoms with Crippen molar-refractivity contribution in [3.8, 4) is 0 Å². The first-order valence-corrected chi connectivity index (χ1v) is 12.1. The molecule has 192 valence electrons. The van der Waals surface area contributed by atoms with Gasteiger partial charge in [-0.2, -0.15) is 18.3 Å². The first-order chi connectivity index (χ1) is 17.2. The molecule has 1 N–H and O–H groups in total. The second-order valence-electron chi connectivity index (χ2n) is 9.04. The van der Waals surface area contributed by atoms with Gasteiger partial charge in [0.25, 0.3) is 0 Å². The van der Waals surface area contributed by atoms with Crippen LogP contribution in [0.25, 0.3) is 0 Å². The predicted octanol–water partition coefficient (Wildman–Crippen LogP) is 5.39. The highest BCUT2D eigenvalue weighted by molar-refractivity contribution is 5.83. The number of carbonyl (C=O) groups excluding carboxylic acids is 1. The quantitative estimate of drug-likeness (QED) is 0.441. The van der Waals surface area contributed by atoms with Crippen molar-refractivity contribution in [1.29, 1.82) is 0 Å². The van der Waals surface area contributed by atoms with Crippen LogP contribution in [0.4, 0.5) is 17.6 Å². The fraction of sp³-hybridized carbons (Fsp3) is 0.407. The maximum atomic E-state index is 14.6.